The topological polar surface area (TPSA) is 26.0 Å². The van der Waals surface area contributed by atoms with Gasteiger partial charge in [0.05, 0.1) is 0 Å². The van der Waals surface area contributed by atoms with Crippen LogP contribution in [0.1, 0.15) is 33.1 Å². The van der Waals surface area contributed by atoms with Crippen molar-refractivity contribution in [3.8, 4) is 0 Å². The van der Waals surface area contributed by atoms with Crippen LogP contribution in [0.5, 0.6) is 0 Å². The number of hydrogen-bond acceptors (Lipinski definition) is 1. The van der Waals surface area contributed by atoms with Gasteiger partial charge in [0.2, 0.25) is 0 Å². The third-order valence-corrected chi connectivity index (χ3v) is 1.64. The van der Waals surface area contributed by atoms with Crippen molar-refractivity contribution in [2.45, 2.75) is 33.1 Å². The zero-order valence-electron chi connectivity index (χ0n) is 7.69. The molecule has 0 saturated heterocycles. The molecule has 0 fully saturated rings. The average Bonchev–Trinajstić information content (AvgIpc) is 1.87. The van der Waals surface area contributed by atoms with Crippen molar-refractivity contribution in [1.82, 2.24) is 0 Å². The minimum atomic E-state index is 0.666. The molecule has 2 N–H and O–H groups in total. The van der Waals surface area contributed by atoms with E-state index >= 15 is 0 Å². The van der Waals surface area contributed by atoms with Crippen molar-refractivity contribution < 1.29 is 0 Å². The lowest BCUT2D eigenvalue weighted by Gasteiger charge is -2.00. The van der Waals surface area contributed by atoms with Crippen LogP contribution in [0.2, 0.25) is 0 Å². The van der Waals surface area contributed by atoms with Gasteiger partial charge in [-0.3, -0.25) is 0 Å². The van der Waals surface area contributed by atoms with Crippen LogP contribution in [-0.2, 0) is 0 Å². The second-order valence-electron chi connectivity index (χ2n) is 3.10. The Morgan fingerprint density at radius 3 is 2.45 bits per heavy atom. The third-order valence-electron chi connectivity index (χ3n) is 1.64. The fraction of sp³-hybridized carbons (Fsp3) is 0.600. The Bertz CT molecular complexity index is 145. The Labute approximate surface area is 70.0 Å². The van der Waals surface area contributed by atoms with Gasteiger partial charge in [-0.15, -0.1) is 6.58 Å². The Morgan fingerprint density at radius 2 is 2.00 bits per heavy atom. The third kappa shape index (κ3) is 7.34. The summed E-state index contributed by atoms with van der Waals surface area (Å²) in [5.41, 5.74) is 8.03. The SMILES string of the molecule is C=C(C)CCC/C(C)=C\CN. The molecule has 11 heavy (non-hydrogen) atoms. The number of hydrogen-bond donors (Lipinski definition) is 1. The van der Waals surface area contributed by atoms with Crippen molar-refractivity contribution in [1.29, 1.82) is 0 Å². The predicted molar refractivity (Wildman–Crippen MR) is 51.5 cm³/mol. The van der Waals surface area contributed by atoms with E-state index in [0.717, 1.165) is 12.8 Å². The highest BCUT2D eigenvalue weighted by Crippen LogP contribution is 2.09. The van der Waals surface area contributed by atoms with Crippen LogP contribution in [0, 0.1) is 0 Å². The van der Waals surface area contributed by atoms with E-state index in [9.17, 15) is 0 Å². The van der Waals surface area contributed by atoms with Crippen molar-refractivity contribution in [3.05, 3.63) is 23.8 Å². The summed E-state index contributed by atoms with van der Waals surface area (Å²) in [5, 5.41) is 0. The molecule has 0 spiro atoms. The van der Waals surface area contributed by atoms with Crippen LogP contribution in [-0.4, -0.2) is 6.54 Å². The summed E-state index contributed by atoms with van der Waals surface area (Å²) in [5.74, 6) is 0. The van der Waals surface area contributed by atoms with E-state index in [4.69, 9.17) is 5.73 Å². The molecule has 0 bridgehead atoms. The first-order valence-electron chi connectivity index (χ1n) is 4.17. The lowest BCUT2D eigenvalue weighted by molar-refractivity contribution is 0.802. The lowest BCUT2D eigenvalue weighted by Crippen LogP contribution is -1.94. The second kappa shape index (κ2) is 6.17. The lowest BCUT2D eigenvalue weighted by atomic mass is 10.1. The molecule has 0 rings (SSSR count). The largest absolute Gasteiger partial charge is 0.327 e. The van der Waals surface area contributed by atoms with Gasteiger partial charge >= 0.3 is 0 Å². The Kier molecular flexibility index (Phi) is 5.86. The summed E-state index contributed by atoms with van der Waals surface area (Å²) in [4.78, 5) is 0. The Balaban J connectivity index is 3.38. The van der Waals surface area contributed by atoms with Gasteiger partial charge in [0, 0.05) is 6.54 Å². The van der Waals surface area contributed by atoms with Gasteiger partial charge in [0.1, 0.15) is 0 Å². The van der Waals surface area contributed by atoms with E-state index in [2.05, 4.69) is 26.5 Å². The van der Waals surface area contributed by atoms with Gasteiger partial charge in [-0.05, 0) is 33.1 Å². The van der Waals surface area contributed by atoms with E-state index in [1.807, 2.05) is 0 Å². The molecule has 0 aromatic carbocycles. The fourth-order valence-corrected chi connectivity index (χ4v) is 0.972. The van der Waals surface area contributed by atoms with Gasteiger partial charge in [0.15, 0.2) is 0 Å². The van der Waals surface area contributed by atoms with Gasteiger partial charge in [-0.1, -0.05) is 17.2 Å². The molecule has 0 unspecified atom stereocenters. The highest BCUT2D eigenvalue weighted by atomic mass is 14.5. The van der Waals surface area contributed by atoms with E-state index < -0.39 is 0 Å². The highest BCUT2D eigenvalue weighted by Gasteiger charge is 1.90. The van der Waals surface area contributed by atoms with Crippen LogP contribution in [0.15, 0.2) is 23.8 Å². The summed E-state index contributed by atoms with van der Waals surface area (Å²) in [7, 11) is 0. The standard InChI is InChI=1S/C10H19N/c1-9(2)5-4-6-10(3)7-8-11/h7H,1,4-6,8,11H2,2-3H3/b10-7-. The van der Waals surface area contributed by atoms with Crippen LogP contribution in [0.4, 0.5) is 0 Å². The van der Waals surface area contributed by atoms with Crippen molar-refractivity contribution >= 4 is 0 Å². The smallest absolute Gasteiger partial charge is 0.0109 e. The maximum absolute atomic E-state index is 5.37. The van der Waals surface area contributed by atoms with Crippen molar-refractivity contribution in [2.75, 3.05) is 6.54 Å². The van der Waals surface area contributed by atoms with Crippen LogP contribution in [0.25, 0.3) is 0 Å². The zero-order valence-corrected chi connectivity index (χ0v) is 7.69. The molecule has 0 aliphatic rings. The average molecular weight is 153 g/mol. The first-order chi connectivity index (χ1) is 5.16. The fourth-order valence-electron chi connectivity index (χ4n) is 0.972. The molecule has 0 atom stereocenters. The van der Waals surface area contributed by atoms with E-state index in [1.165, 1.54) is 17.6 Å². The maximum atomic E-state index is 5.37. The first kappa shape index (κ1) is 10.4. The number of nitrogens with two attached hydrogens (primary N) is 1. The van der Waals surface area contributed by atoms with E-state index in [1.54, 1.807) is 0 Å². The minimum Gasteiger partial charge on any atom is -0.327 e. The molecule has 0 saturated carbocycles. The van der Waals surface area contributed by atoms with Gasteiger partial charge in [-0.25, -0.2) is 0 Å². The maximum Gasteiger partial charge on any atom is 0.0109 e. The highest BCUT2D eigenvalue weighted by molar-refractivity contribution is 4.99. The van der Waals surface area contributed by atoms with Crippen LogP contribution < -0.4 is 5.73 Å². The molecule has 0 aliphatic carbocycles. The molecular weight excluding hydrogens is 134 g/mol. The van der Waals surface area contributed by atoms with Crippen LogP contribution in [0.3, 0.4) is 0 Å². The molecule has 0 radical (unpaired) electrons. The molecule has 64 valence electrons. The summed E-state index contributed by atoms with van der Waals surface area (Å²) < 4.78 is 0. The quantitative estimate of drug-likeness (QED) is 0.604. The van der Waals surface area contributed by atoms with E-state index in [0.29, 0.717) is 6.54 Å². The summed E-state index contributed by atoms with van der Waals surface area (Å²) in [6, 6.07) is 0. The summed E-state index contributed by atoms with van der Waals surface area (Å²) in [6.07, 6.45) is 5.58. The molecular formula is C10H19N. The predicted octanol–water partition coefficient (Wildman–Crippen LogP) is 2.64. The minimum absolute atomic E-state index is 0.666. The molecule has 0 aromatic heterocycles. The van der Waals surface area contributed by atoms with Crippen molar-refractivity contribution in [2.24, 2.45) is 5.73 Å². The number of allylic oxidation sites excluding steroid dienone is 2. The molecule has 1 heteroatoms. The molecule has 0 amide bonds. The monoisotopic (exact) mass is 153 g/mol. The van der Waals surface area contributed by atoms with E-state index in [-0.39, 0.29) is 0 Å². The summed E-state index contributed by atoms with van der Waals surface area (Å²) >= 11 is 0. The zero-order chi connectivity index (χ0) is 8.69. The Hall–Kier alpha value is -0.560. The van der Waals surface area contributed by atoms with Crippen LogP contribution >= 0.6 is 0 Å². The Morgan fingerprint density at radius 1 is 1.36 bits per heavy atom. The molecule has 0 aromatic rings. The number of rotatable bonds is 5. The molecule has 0 heterocycles. The first-order valence-corrected chi connectivity index (χ1v) is 4.17. The van der Waals surface area contributed by atoms with Gasteiger partial charge < -0.3 is 5.73 Å². The molecule has 0 aliphatic heterocycles. The summed E-state index contributed by atoms with van der Waals surface area (Å²) in [6.45, 7) is 8.72. The normalized spacial score (nSPS) is 11.7. The molecule has 1 nitrogen and oxygen atoms in total. The van der Waals surface area contributed by atoms with Gasteiger partial charge in [-0.2, -0.15) is 0 Å². The second-order valence-corrected chi connectivity index (χ2v) is 3.10. The van der Waals surface area contributed by atoms with Crippen molar-refractivity contribution in [3.63, 3.8) is 0 Å². The van der Waals surface area contributed by atoms with Gasteiger partial charge in [0.25, 0.3) is 0 Å².